The molecule has 41 heavy (non-hydrogen) atoms. The average Bonchev–Trinajstić information content (AvgIpc) is 3.53. The second kappa shape index (κ2) is 9.38. The zero-order valence-corrected chi connectivity index (χ0v) is 23.6. The van der Waals surface area contributed by atoms with Gasteiger partial charge in [0, 0.05) is 33.2 Å². The highest BCUT2D eigenvalue weighted by atomic mass is 15.0. The van der Waals surface area contributed by atoms with Gasteiger partial charge in [0.05, 0.1) is 16.6 Å². The van der Waals surface area contributed by atoms with E-state index in [1.807, 2.05) is 0 Å². The summed E-state index contributed by atoms with van der Waals surface area (Å²) in [5.41, 5.74) is 9.17. The van der Waals surface area contributed by atoms with E-state index in [0.29, 0.717) is 0 Å². The molecule has 0 spiro atoms. The van der Waals surface area contributed by atoms with Crippen molar-refractivity contribution in [3.8, 4) is 11.4 Å². The molecule has 0 N–H and O–H groups in total. The molecule has 0 radical (unpaired) electrons. The van der Waals surface area contributed by atoms with Gasteiger partial charge in [0.2, 0.25) is 0 Å². The Bertz CT molecular complexity index is 2260. The molecule has 0 unspecified atom stereocenters. The van der Waals surface area contributed by atoms with Crippen molar-refractivity contribution in [1.82, 2.24) is 9.13 Å². The summed E-state index contributed by atoms with van der Waals surface area (Å²) in [7, 11) is 0. The van der Waals surface area contributed by atoms with Gasteiger partial charge in [-0.25, -0.2) is 0 Å². The lowest BCUT2D eigenvalue weighted by atomic mass is 10.0. The summed E-state index contributed by atoms with van der Waals surface area (Å²) >= 11 is 0. The Labute approximate surface area is 240 Å². The van der Waals surface area contributed by atoms with Gasteiger partial charge in [-0.1, -0.05) is 105 Å². The van der Waals surface area contributed by atoms with Crippen LogP contribution < -0.4 is 0 Å². The molecule has 0 aliphatic carbocycles. The van der Waals surface area contributed by atoms with Crippen molar-refractivity contribution < 1.29 is 0 Å². The molecule has 8 rings (SSSR count). The molecule has 2 heteroatoms. The molecular formula is C39H32N2. The molecule has 0 saturated carbocycles. The van der Waals surface area contributed by atoms with E-state index in [1.165, 1.54) is 76.9 Å². The molecular weight excluding hydrogens is 496 g/mol. The molecule has 0 bridgehead atoms. The van der Waals surface area contributed by atoms with Gasteiger partial charge in [-0.3, -0.25) is 0 Å². The number of fused-ring (bicyclic) bond motifs is 7. The fourth-order valence-corrected chi connectivity index (χ4v) is 7.03. The first-order valence-electron chi connectivity index (χ1n) is 14.8. The number of hydrogen-bond acceptors (Lipinski definition) is 0. The van der Waals surface area contributed by atoms with E-state index >= 15 is 0 Å². The van der Waals surface area contributed by atoms with Crippen LogP contribution in [0.5, 0.6) is 0 Å². The van der Waals surface area contributed by atoms with Gasteiger partial charge in [0.1, 0.15) is 0 Å². The SMILES string of the molecule is CCCc1c(CC)c2ccc3c(c4ccccc4n3-c3ccc4ccccc4c3)c2n1-c1ccc2ccccc2c1. The highest BCUT2D eigenvalue weighted by Gasteiger charge is 2.23. The smallest absolute Gasteiger partial charge is 0.0634 e. The fourth-order valence-electron chi connectivity index (χ4n) is 7.03. The minimum atomic E-state index is 1.02. The maximum Gasteiger partial charge on any atom is 0.0634 e. The summed E-state index contributed by atoms with van der Waals surface area (Å²) in [6.07, 6.45) is 3.18. The van der Waals surface area contributed by atoms with Crippen molar-refractivity contribution in [2.24, 2.45) is 0 Å². The predicted octanol–water partition coefficient (Wildman–Crippen LogP) is 10.5. The third-order valence-electron chi connectivity index (χ3n) is 8.80. The Morgan fingerprint density at radius 2 is 1.12 bits per heavy atom. The highest BCUT2D eigenvalue weighted by Crippen LogP contribution is 2.42. The zero-order chi connectivity index (χ0) is 27.5. The lowest BCUT2D eigenvalue weighted by molar-refractivity contribution is 0.837. The van der Waals surface area contributed by atoms with Crippen LogP contribution in [0, 0.1) is 0 Å². The molecule has 2 heterocycles. The number of hydrogen-bond donors (Lipinski definition) is 0. The Hall–Kier alpha value is -4.82. The van der Waals surface area contributed by atoms with E-state index in [9.17, 15) is 0 Å². The normalized spacial score (nSPS) is 12.0. The molecule has 198 valence electrons. The molecule has 6 aromatic carbocycles. The van der Waals surface area contributed by atoms with E-state index in [0.717, 1.165) is 19.3 Å². The van der Waals surface area contributed by atoms with Crippen LogP contribution >= 0.6 is 0 Å². The Balaban J connectivity index is 1.54. The third kappa shape index (κ3) is 3.57. The van der Waals surface area contributed by atoms with E-state index in [2.05, 4.69) is 144 Å². The molecule has 0 aliphatic heterocycles. The molecule has 0 saturated heterocycles. The summed E-state index contributed by atoms with van der Waals surface area (Å²) in [6.45, 7) is 4.60. The lowest BCUT2D eigenvalue weighted by Crippen LogP contribution is -2.02. The van der Waals surface area contributed by atoms with E-state index in [4.69, 9.17) is 0 Å². The maximum absolute atomic E-state index is 2.59. The first kappa shape index (κ1) is 24.0. The van der Waals surface area contributed by atoms with Crippen LogP contribution in [0.1, 0.15) is 31.5 Å². The summed E-state index contributed by atoms with van der Waals surface area (Å²) in [6, 6.07) is 44.8. The average molecular weight is 529 g/mol. The van der Waals surface area contributed by atoms with Gasteiger partial charge in [0.15, 0.2) is 0 Å². The lowest BCUT2D eigenvalue weighted by Gasteiger charge is -2.14. The Kier molecular flexibility index (Phi) is 5.50. The number of benzene rings is 6. The Morgan fingerprint density at radius 1 is 0.512 bits per heavy atom. The van der Waals surface area contributed by atoms with Gasteiger partial charge in [0.25, 0.3) is 0 Å². The number of nitrogens with zero attached hydrogens (tertiary/aromatic N) is 2. The zero-order valence-electron chi connectivity index (χ0n) is 23.6. The number of aryl methyl sites for hydroxylation is 1. The van der Waals surface area contributed by atoms with E-state index in [-0.39, 0.29) is 0 Å². The van der Waals surface area contributed by atoms with Gasteiger partial charge in [-0.15, -0.1) is 0 Å². The predicted molar refractivity (Wildman–Crippen MR) is 176 cm³/mol. The van der Waals surface area contributed by atoms with Crippen molar-refractivity contribution >= 4 is 54.3 Å². The molecule has 2 nitrogen and oxygen atoms in total. The number of para-hydroxylation sites is 1. The van der Waals surface area contributed by atoms with Crippen LogP contribution in [0.2, 0.25) is 0 Å². The fraction of sp³-hybridized carbons (Fsp3) is 0.128. The van der Waals surface area contributed by atoms with Crippen LogP contribution in [-0.2, 0) is 12.8 Å². The van der Waals surface area contributed by atoms with Crippen molar-refractivity contribution in [3.63, 3.8) is 0 Å². The third-order valence-corrected chi connectivity index (χ3v) is 8.80. The Morgan fingerprint density at radius 3 is 1.78 bits per heavy atom. The standard InChI is InChI=1S/C39H32N2/c1-3-11-35-32(4-2)33-22-23-37-38(39(33)41(35)31-21-19-27-13-6-8-15-29(27)25-31)34-16-9-10-17-36(34)40(37)30-20-18-26-12-5-7-14-28(26)24-30/h5-10,12-25H,3-4,11H2,1-2H3. The molecule has 0 amide bonds. The van der Waals surface area contributed by atoms with Crippen molar-refractivity contribution in [1.29, 1.82) is 0 Å². The molecule has 8 aromatic rings. The van der Waals surface area contributed by atoms with E-state index in [1.54, 1.807) is 0 Å². The van der Waals surface area contributed by atoms with Crippen LogP contribution in [0.15, 0.2) is 121 Å². The topological polar surface area (TPSA) is 9.86 Å². The van der Waals surface area contributed by atoms with Crippen LogP contribution in [0.25, 0.3) is 65.6 Å². The van der Waals surface area contributed by atoms with Crippen LogP contribution in [0.3, 0.4) is 0 Å². The van der Waals surface area contributed by atoms with Gasteiger partial charge < -0.3 is 9.13 Å². The van der Waals surface area contributed by atoms with Gasteiger partial charge >= 0.3 is 0 Å². The summed E-state index contributed by atoms with van der Waals surface area (Å²) < 4.78 is 5.04. The van der Waals surface area contributed by atoms with Gasteiger partial charge in [-0.05, 0) is 76.3 Å². The summed E-state index contributed by atoms with van der Waals surface area (Å²) in [4.78, 5) is 0. The van der Waals surface area contributed by atoms with Crippen molar-refractivity contribution in [2.45, 2.75) is 33.1 Å². The van der Waals surface area contributed by atoms with E-state index < -0.39 is 0 Å². The molecule has 0 aliphatic rings. The highest BCUT2D eigenvalue weighted by molar-refractivity contribution is 6.21. The quantitative estimate of drug-likeness (QED) is 0.210. The maximum atomic E-state index is 2.59. The second-order valence-corrected chi connectivity index (χ2v) is 11.1. The van der Waals surface area contributed by atoms with Crippen molar-refractivity contribution in [2.75, 3.05) is 0 Å². The minimum Gasteiger partial charge on any atom is -0.313 e. The minimum absolute atomic E-state index is 1.02. The van der Waals surface area contributed by atoms with Crippen molar-refractivity contribution in [3.05, 3.63) is 133 Å². The largest absolute Gasteiger partial charge is 0.313 e. The molecule has 0 atom stereocenters. The molecule has 0 fully saturated rings. The second-order valence-electron chi connectivity index (χ2n) is 11.1. The van der Waals surface area contributed by atoms with Crippen LogP contribution in [0.4, 0.5) is 0 Å². The van der Waals surface area contributed by atoms with Crippen LogP contribution in [-0.4, -0.2) is 9.13 Å². The summed E-state index contributed by atoms with van der Waals surface area (Å²) in [5.74, 6) is 0. The molecule has 2 aromatic heterocycles. The first-order chi connectivity index (χ1) is 20.3. The number of rotatable bonds is 5. The number of aromatic nitrogens is 2. The first-order valence-corrected chi connectivity index (χ1v) is 14.8. The summed E-state index contributed by atoms with van der Waals surface area (Å²) in [5, 5.41) is 9.08. The van der Waals surface area contributed by atoms with Gasteiger partial charge in [-0.2, -0.15) is 0 Å². The monoisotopic (exact) mass is 528 g/mol.